The van der Waals surface area contributed by atoms with E-state index in [1.165, 1.54) is 121 Å². The summed E-state index contributed by atoms with van der Waals surface area (Å²) in [5.41, 5.74) is 18.2. The number of hydrogen-bond donors (Lipinski definition) is 0. The molecule has 0 bridgehead atoms. The molecule has 0 radical (unpaired) electrons. The summed E-state index contributed by atoms with van der Waals surface area (Å²) < 4.78 is 4.92. The second kappa shape index (κ2) is 15.7. The second-order valence-corrected chi connectivity index (χ2v) is 19.2. The summed E-state index contributed by atoms with van der Waals surface area (Å²) in [7, 11) is 0. The van der Waals surface area contributed by atoms with Crippen molar-refractivity contribution in [2.45, 2.75) is 12.0 Å². The molecule has 2 unspecified atom stereocenters. The molecule has 2 aromatic heterocycles. The van der Waals surface area contributed by atoms with Crippen molar-refractivity contribution in [1.29, 1.82) is 0 Å². The third-order valence-corrected chi connectivity index (χ3v) is 15.4. The van der Waals surface area contributed by atoms with Crippen molar-refractivity contribution >= 4 is 76.5 Å². The molecule has 0 fully saturated rings. The summed E-state index contributed by atoms with van der Waals surface area (Å²) in [5.74, 6) is 0.249. The molecule has 0 saturated carbocycles. The Morgan fingerprint density at radius 1 is 0.296 bits per heavy atom. The van der Waals surface area contributed by atoms with Gasteiger partial charge >= 0.3 is 0 Å². The number of aromatic nitrogens is 2. The smallest absolute Gasteiger partial charge is 0.0629 e. The highest BCUT2D eigenvalue weighted by Gasteiger charge is 2.37. The van der Waals surface area contributed by atoms with Gasteiger partial charge in [0.25, 0.3) is 0 Å². The fraction of sp³-hybridized carbons (Fsp3) is 0.0294. The Bertz CT molecular complexity index is 4350. The normalized spacial score (nSPS) is 15.2. The van der Waals surface area contributed by atoms with Gasteiger partial charge in [-0.2, -0.15) is 0 Å². The van der Waals surface area contributed by atoms with Gasteiger partial charge in [-0.15, -0.1) is 0 Å². The summed E-state index contributed by atoms with van der Waals surface area (Å²) in [6.45, 7) is 0. The Morgan fingerprint density at radius 3 is 1.31 bits per heavy atom. The summed E-state index contributed by atoms with van der Waals surface area (Å²) in [5, 5.41) is 9.95. The average molecular weight is 904 g/mol. The lowest BCUT2D eigenvalue weighted by Gasteiger charge is -2.28. The number of para-hydroxylation sites is 2. The van der Waals surface area contributed by atoms with Crippen LogP contribution in [-0.2, 0) is 0 Å². The number of allylic oxidation sites excluding steroid dienone is 2. The molecule has 2 aliphatic rings. The van der Waals surface area contributed by atoms with Crippen LogP contribution in [0.25, 0.3) is 110 Å². The Kier molecular flexibility index (Phi) is 8.78. The zero-order valence-electron chi connectivity index (χ0n) is 38.8. The molecule has 2 atom stereocenters. The highest BCUT2D eigenvalue weighted by Crippen LogP contribution is 2.49. The first-order valence-electron chi connectivity index (χ1n) is 24.7. The van der Waals surface area contributed by atoms with Crippen molar-refractivity contribution in [2.24, 2.45) is 0 Å². The first-order valence-corrected chi connectivity index (χ1v) is 24.7. The summed E-state index contributed by atoms with van der Waals surface area (Å²) >= 11 is 0. The summed E-state index contributed by atoms with van der Waals surface area (Å²) in [6, 6.07) is 88.0. The van der Waals surface area contributed by atoms with Gasteiger partial charge in [-0.05, 0) is 151 Å². The van der Waals surface area contributed by atoms with Gasteiger partial charge in [0.15, 0.2) is 0 Å². The van der Waals surface area contributed by atoms with Crippen LogP contribution >= 0.6 is 0 Å². The molecule has 1 aliphatic carbocycles. The number of rotatable bonds is 6. The Morgan fingerprint density at radius 2 is 0.746 bits per heavy atom. The molecule has 13 aromatic rings. The maximum absolute atomic E-state index is 2.51. The molecule has 0 spiro atoms. The molecule has 3 heteroatoms. The molecule has 1 aliphatic heterocycles. The van der Waals surface area contributed by atoms with Crippen molar-refractivity contribution in [2.75, 3.05) is 4.90 Å². The van der Waals surface area contributed by atoms with E-state index < -0.39 is 0 Å². The second-order valence-electron chi connectivity index (χ2n) is 19.2. The number of benzene rings is 11. The van der Waals surface area contributed by atoms with E-state index in [4.69, 9.17) is 0 Å². The molecule has 11 aromatic carbocycles. The fourth-order valence-corrected chi connectivity index (χ4v) is 12.2. The van der Waals surface area contributed by atoms with Gasteiger partial charge in [0.2, 0.25) is 0 Å². The van der Waals surface area contributed by atoms with Gasteiger partial charge in [0, 0.05) is 50.2 Å². The molecule has 0 amide bonds. The van der Waals surface area contributed by atoms with Crippen LogP contribution in [-0.4, -0.2) is 15.2 Å². The third kappa shape index (κ3) is 6.16. The van der Waals surface area contributed by atoms with E-state index in [2.05, 4.69) is 275 Å². The summed E-state index contributed by atoms with van der Waals surface area (Å²) in [4.78, 5) is 2.51. The minimum absolute atomic E-state index is 0.223. The number of fused-ring (bicyclic) bond motifs is 11. The monoisotopic (exact) mass is 903 g/mol. The number of nitrogens with zero attached hydrogens (tertiary/aromatic N) is 3. The van der Waals surface area contributed by atoms with Crippen LogP contribution in [0.1, 0.15) is 11.5 Å². The van der Waals surface area contributed by atoms with Gasteiger partial charge in [-0.25, -0.2) is 0 Å². The van der Waals surface area contributed by atoms with Gasteiger partial charge in [0.05, 0.1) is 28.1 Å². The van der Waals surface area contributed by atoms with E-state index in [0.717, 1.165) is 5.69 Å². The molecule has 15 rings (SSSR count). The zero-order valence-corrected chi connectivity index (χ0v) is 38.8. The van der Waals surface area contributed by atoms with Crippen molar-refractivity contribution in [3.8, 4) is 44.8 Å². The predicted octanol–water partition coefficient (Wildman–Crippen LogP) is 17.9. The van der Waals surface area contributed by atoms with E-state index in [0.29, 0.717) is 0 Å². The Labute approximate surface area is 411 Å². The van der Waals surface area contributed by atoms with E-state index in [-0.39, 0.29) is 12.0 Å². The van der Waals surface area contributed by atoms with Gasteiger partial charge in [-0.1, -0.05) is 170 Å². The van der Waals surface area contributed by atoms with Gasteiger partial charge in [0.1, 0.15) is 0 Å². The van der Waals surface area contributed by atoms with E-state index in [1.54, 1.807) is 0 Å². The summed E-state index contributed by atoms with van der Waals surface area (Å²) in [6.07, 6.45) is 9.15. The SMILES string of the molecule is C1=CC2c3cc(-n4c5ccc(-c6ccc7c(c6)c6cc(-c8cccc9ccccc89)ccc6n7-c6ccccc6)cc5c5cc(-c6cccc7ccccc67)ccc54)ccc3N(c3ccccc3)C2C=C1. The highest BCUT2D eigenvalue weighted by molar-refractivity contribution is 6.15. The lowest BCUT2D eigenvalue weighted by molar-refractivity contribution is 0.744. The zero-order chi connectivity index (χ0) is 46.6. The van der Waals surface area contributed by atoms with Crippen molar-refractivity contribution in [3.05, 3.63) is 266 Å². The van der Waals surface area contributed by atoms with Crippen molar-refractivity contribution in [1.82, 2.24) is 9.13 Å². The average Bonchev–Trinajstić information content (AvgIpc) is 4.07. The van der Waals surface area contributed by atoms with Crippen LogP contribution in [0.4, 0.5) is 11.4 Å². The molecule has 3 nitrogen and oxygen atoms in total. The number of anilines is 2. The maximum Gasteiger partial charge on any atom is 0.0629 e. The van der Waals surface area contributed by atoms with E-state index in [9.17, 15) is 0 Å². The quantitative estimate of drug-likeness (QED) is 0.162. The minimum atomic E-state index is 0.223. The predicted molar refractivity (Wildman–Crippen MR) is 300 cm³/mol. The number of hydrogen-bond acceptors (Lipinski definition) is 1. The largest absolute Gasteiger partial charge is 0.333 e. The standard InChI is InChI=1S/C68H45N3/c1-3-19-50(20-4-1)69-63-28-12-11-25-57(63)62-43-52(33-38-68(62)69)71-66-35-30-47(40-59(66)61-42-49(32-37-67(61)71)56-27-14-18-45-16-8-10-24-54(45)56)46-29-34-64-58(39-46)60-41-48(55-26-13-17-44-15-7-9-23-53(44)55)31-36-65(60)70(64)51-21-5-2-6-22-51/h1-43,57,63H. The van der Waals surface area contributed by atoms with E-state index >= 15 is 0 Å². The van der Waals surface area contributed by atoms with E-state index in [1.807, 2.05) is 0 Å². The van der Waals surface area contributed by atoms with Crippen molar-refractivity contribution < 1.29 is 0 Å². The van der Waals surface area contributed by atoms with Crippen LogP contribution in [0.5, 0.6) is 0 Å². The lowest BCUT2D eigenvalue weighted by atomic mass is 9.91. The highest BCUT2D eigenvalue weighted by atomic mass is 15.2. The first kappa shape index (κ1) is 39.8. The Hall–Kier alpha value is -9.18. The Balaban J connectivity index is 0.937. The van der Waals surface area contributed by atoms with Crippen LogP contribution < -0.4 is 4.90 Å². The first-order chi connectivity index (χ1) is 35.2. The molecular formula is C68H45N3. The van der Waals surface area contributed by atoms with Crippen LogP contribution in [0.3, 0.4) is 0 Å². The van der Waals surface area contributed by atoms with Crippen molar-refractivity contribution in [3.63, 3.8) is 0 Å². The molecule has 332 valence electrons. The van der Waals surface area contributed by atoms with Gasteiger partial charge < -0.3 is 14.0 Å². The molecule has 0 saturated heterocycles. The molecular weight excluding hydrogens is 859 g/mol. The lowest BCUT2D eigenvalue weighted by Crippen LogP contribution is -2.28. The fourth-order valence-electron chi connectivity index (χ4n) is 12.2. The van der Waals surface area contributed by atoms with Crippen LogP contribution in [0.2, 0.25) is 0 Å². The topological polar surface area (TPSA) is 13.1 Å². The molecule has 71 heavy (non-hydrogen) atoms. The third-order valence-electron chi connectivity index (χ3n) is 15.4. The molecule has 0 N–H and O–H groups in total. The minimum Gasteiger partial charge on any atom is -0.333 e. The van der Waals surface area contributed by atoms with Gasteiger partial charge in [-0.3, -0.25) is 0 Å². The van der Waals surface area contributed by atoms with Crippen LogP contribution in [0, 0.1) is 0 Å². The molecule has 3 heterocycles. The van der Waals surface area contributed by atoms with Crippen LogP contribution in [0.15, 0.2) is 261 Å². The maximum atomic E-state index is 2.51.